The molecule has 1 amide bonds. The number of amides is 1. The molecule has 1 atom stereocenters. The molecule has 10 heteroatoms. The smallest absolute Gasteiger partial charge is 0.411 e. The second kappa shape index (κ2) is 6.03. The first kappa shape index (κ1) is 17.2. The minimum Gasteiger partial charge on any atom is -0.444 e. The van der Waals surface area contributed by atoms with E-state index in [9.17, 15) is 14.4 Å². The predicted molar refractivity (Wildman–Crippen MR) is 88.5 cm³/mol. The highest BCUT2D eigenvalue weighted by atomic mass is 16.6. The van der Waals surface area contributed by atoms with E-state index in [0.29, 0.717) is 19.0 Å². The Bertz CT molecular complexity index is 919. The van der Waals surface area contributed by atoms with Crippen LogP contribution in [0.1, 0.15) is 32.6 Å². The van der Waals surface area contributed by atoms with E-state index in [4.69, 9.17) is 9.47 Å². The summed E-state index contributed by atoms with van der Waals surface area (Å²) < 4.78 is 12.1. The van der Waals surface area contributed by atoms with E-state index in [1.807, 2.05) is 0 Å². The van der Waals surface area contributed by atoms with Gasteiger partial charge in [-0.05, 0) is 20.8 Å². The number of nitrogens with zero attached hydrogens (tertiary/aromatic N) is 3. The average molecular weight is 351 g/mol. The van der Waals surface area contributed by atoms with Gasteiger partial charge in [-0.15, -0.1) is 0 Å². The monoisotopic (exact) mass is 351 g/mol. The molecular formula is C15H21N5O5. The van der Waals surface area contributed by atoms with Crippen LogP contribution in [-0.2, 0) is 16.5 Å². The molecular weight excluding hydrogens is 330 g/mol. The van der Waals surface area contributed by atoms with Gasteiger partial charge in [0.1, 0.15) is 23.0 Å². The molecule has 0 aliphatic carbocycles. The Balaban J connectivity index is 2.01. The molecule has 1 unspecified atom stereocenters. The van der Waals surface area contributed by atoms with E-state index in [2.05, 4.69) is 15.0 Å². The Morgan fingerprint density at radius 1 is 1.32 bits per heavy atom. The Labute approximate surface area is 142 Å². The first-order chi connectivity index (χ1) is 11.7. The molecule has 2 N–H and O–H groups in total. The third-order valence-corrected chi connectivity index (χ3v) is 3.85. The van der Waals surface area contributed by atoms with Gasteiger partial charge >= 0.3 is 11.8 Å². The van der Waals surface area contributed by atoms with Crippen molar-refractivity contribution >= 4 is 17.3 Å². The maximum Gasteiger partial charge on any atom is 0.411 e. The molecule has 2 aromatic heterocycles. The number of H-pyrrole nitrogens is 2. The molecule has 0 aromatic carbocycles. The highest BCUT2D eigenvalue weighted by Crippen LogP contribution is 2.25. The molecule has 0 bridgehead atoms. The van der Waals surface area contributed by atoms with Crippen LogP contribution in [0.3, 0.4) is 0 Å². The molecule has 0 radical (unpaired) electrons. The van der Waals surface area contributed by atoms with Crippen LogP contribution in [0.25, 0.3) is 11.2 Å². The van der Waals surface area contributed by atoms with Gasteiger partial charge in [0.25, 0.3) is 5.56 Å². The van der Waals surface area contributed by atoms with Gasteiger partial charge in [0.2, 0.25) is 0 Å². The summed E-state index contributed by atoms with van der Waals surface area (Å²) in [4.78, 5) is 47.1. The van der Waals surface area contributed by atoms with Crippen molar-refractivity contribution in [3.05, 3.63) is 26.7 Å². The molecule has 1 fully saturated rings. The van der Waals surface area contributed by atoms with E-state index >= 15 is 0 Å². The zero-order valence-electron chi connectivity index (χ0n) is 14.6. The topological polar surface area (TPSA) is 122 Å². The summed E-state index contributed by atoms with van der Waals surface area (Å²) in [6, 6.07) is -0.537. The SMILES string of the molecule is Cn1c(=O)[nH]c(=O)c2[nH]c(C3COCCN3C(=O)OC(C)(C)C)nc21. The number of fused-ring (bicyclic) bond motifs is 1. The first-order valence-corrected chi connectivity index (χ1v) is 7.93. The Hall–Kier alpha value is -2.62. The summed E-state index contributed by atoms with van der Waals surface area (Å²) >= 11 is 0. The quantitative estimate of drug-likeness (QED) is 0.760. The summed E-state index contributed by atoms with van der Waals surface area (Å²) in [6.45, 7) is 6.30. The number of aromatic nitrogens is 4. The standard InChI is InChI=1S/C15H21N5O5/c1-15(2,3)25-14(23)20-5-6-24-7-8(20)10-16-9-11(17-10)19(4)13(22)18-12(9)21/h8H,5-7H2,1-4H3,(H,16,17)(H,18,21,22). The molecule has 3 rings (SSSR count). The number of imidazole rings is 1. The number of aromatic amines is 2. The van der Waals surface area contributed by atoms with Crippen molar-refractivity contribution < 1.29 is 14.3 Å². The van der Waals surface area contributed by atoms with Crippen molar-refractivity contribution in [3.8, 4) is 0 Å². The number of carbonyl (C=O) groups is 1. The van der Waals surface area contributed by atoms with Crippen LogP contribution in [0.4, 0.5) is 4.79 Å². The van der Waals surface area contributed by atoms with Crippen molar-refractivity contribution in [2.24, 2.45) is 7.05 Å². The van der Waals surface area contributed by atoms with Gasteiger partial charge in [-0.2, -0.15) is 0 Å². The lowest BCUT2D eigenvalue weighted by Gasteiger charge is -2.35. The van der Waals surface area contributed by atoms with Gasteiger partial charge in [-0.25, -0.2) is 14.6 Å². The third kappa shape index (κ3) is 3.29. The molecule has 25 heavy (non-hydrogen) atoms. The van der Waals surface area contributed by atoms with Crippen molar-refractivity contribution in [3.63, 3.8) is 0 Å². The second-order valence-corrected chi connectivity index (χ2v) is 6.90. The zero-order valence-corrected chi connectivity index (χ0v) is 14.6. The van der Waals surface area contributed by atoms with Crippen LogP contribution >= 0.6 is 0 Å². The number of nitrogens with one attached hydrogen (secondary N) is 2. The molecule has 0 spiro atoms. The van der Waals surface area contributed by atoms with E-state index in [1.165, 1.54) is 16.5 Å². The minimum atomic E-state index is -0.630. The molecule has 3 heterocycles. The fourth-order valence-corrected chi connectivity index (χ4v) is 2.65. The number of hydrogen-bond acceptors (Lipinski definition) is 6. The normalized spacial score (nSPS) is 18.6. The van der Waals surface area contributed by atoms with Crippen molar-refractivity contribution in [2.45, 2.75) is 32.4 Å². The third-order valence-electron chi connectivity index (χ3n) is 3.85. The van der Waals surface area contributed by atoms with Crippen molar-refractivity contribution in [2.75, 3.05) is 19.8 Å². The number of morpholine rings is 1. The van der Waals surface area contributed by atoms with Crippen LogP contribution in [0.5, 0.6) is 0 Å². The number of hydrogen-bond donors (Lipinski definition) is 2. The van der Waals surface area contributed by atoms with Crippen LogP contribution in [-0.4, -0.2) is 55.9 Å². The van der Waals surface area contributed by atoms with Gasteiger partial charge in [-0.1, -0.05) is 0 Å². The van der Waals surface area contributed by atoms with Gasteiger partial charge in [0.05, 0.1) is 13.2 Å². The van der Waals surface area contributed by atoms with E-state index in [0.717, 1.165) is 0 Å². The molecule has 1 aliphatic rings. The zero-order chi connectivity index (χ0) is 18.4. The highest BCUT2D eigenvalue weighted by Gasteiger charge is 2.34. The van der Waals surface area contributed by atoms with Crippen LogP contribution < -0.4 is 11.2 Å². The van der Waals surface area contributed by atoms with Crippen molar-refractivity contribution in [1.29, 1.82) is 0 Å². The van der Waals surface area contributed by atoms with Crippen LogP contribution in [0.2, 0.25) is 0 Å². The minimum absolute atomic E-state index is 0.173. The summed E-state index contributed by atoms with van der Waals surface area (Å²) in [7, 11) is 1.51. The number of aryl methyl sites for hydroxylation is 1. The molecule has 2 aromatic rings. The molecule has 0 saturated carbocycles. The molecule has 136 valence electrons. The highest BCUT2D eigenvalue weighted by molar-refractivity contribution is 5.71. The summed E-state index contributed by atoms with van der Waals surface area (Å²) in [5, 5.41) is 0. The number of carbonyl (C=O) groups excluding carboxylic acids is 1. The second-order valence-electron chi connectivity index (χ2n) is 6.90. The summed E-state index contributed by atoms with van der Waals surface area (Å²) in [5.41, 5.74) is -1.35. The predicted octanol–water partition coefficient (Wildman–Crippen LogP) is 0.258. The number of ether oxygens (including phenoxy) is 2. The summed E-state index contributed by atoms with van der Waals surface area (Å²) in [5.74, 6) is 0.368. The van der Waals surface area contributed by atoms with Gasteiger partial charge in [-0.3, -0.25) is 19.2 Å². The maximum atomic E-state index is 12.5. The Morgan fingerprint density at radius 2 is 2.04 bits per heavy atom. The largest absolute Gasteiger partial charge is 0.444 e. The molecule has 1 aliphatic heterocycles. The average Bonchev–Trinajstić information content (AvgIpc) is 2.97. The fraction of sp³-hybridized carbons (Fsp3) is 0.600. The Kier molecular flexibility index (Phi) is 4.15. The summed E-state index contributed by atoms with van der Waals surface area (Å²) in [6.07, 6.45) is -0.482. The van der Waals surface area contributed by atoms with E-state index in [1.54, 1.807) is 20.8 Å². The van der Waals surface area contributed by atoms with E-state index in [-0.39, 0.29) is 17.8 Å². The van der Waals surface area contributed by atoms with Gasteiger partial charge < -0.3 is 14.5 Å². The molecule has 10 nitrogen and oxygen atoms in total. The molecule has 1 saturated heterocycles. The lowest BCUT2D eigenvalue weighted by atomic mass is 10.2. The fourth-order valence-electron chi connectivity index (χ4n) is 2.65. The van der Waals surface area contributed by atoms with E-state index < -0.39 is 29.0 Å². The van der Waals surface area contributed by atoms with Gasteiger partial charge in [0.15, 0.2) is 5.65 Å². The van der Waals surface area contributed by atoms with Gasteiger partial charge in [0, 0.05) is 13.6 Å². The lowest BCUT2D eigenvalue weighted by molar-refractivity contribution is -0.0348. The first-order valence-electron chi connectivity index (χ1n) is 7.93. The van der Waals surface area contributed by atoms with Crippen molar-refractivity contribution in [1.82, 2.24) is 24.4 Å². The maximum absolute atomic E-state index is 12.5. The van der Waals surface area contributed by atoms with Crippen LogP contribution in [0.15, 0.2) is 9.59 Å². The Morgan fingerprint density at radius 3 is 2.72 bits per heavy atom. The van der Waals surface area contributed by atoms with Crippen LogP contribution in [0, 0.1) is 0 Å². The lowest BCUT2D eigenvalue weighted by Crippen LogP contribution is -2.46. The number of rotatable bonds is 1.